The van der Waals surface area contributed by atoms with E-state index in [0.717, 1.165) is 10.8 Å². The minimum atomic E-state index is -0.110. The first kappa shape index (κ1) is 12.6. The molecular weight excluding hydrogens is 224 g/mol. The van der Waals surface area contributed by atoms with Gasteiger partial charge in [-0.3, -0.25) is 9.78 Å². The van der Waals surface area contributed by atoms with E-state index in [1.54, 1.807) is 6.20 Å². The van der Waals surface area contributed by atoms with Crippen LogP contribution >= 0.6 is 0 Å². The van der Waals surface area contributed by atoms with Crippen molar-refractivity contribution in [2.45, 2.75) is 20.8 Å². The van der Waals surface area contributed by atoms with Crippen molar-refractivity contribution in [2.24, 2.45) is 5.41 Å². The number of fused-ring (bicyclic) bond motifs is 1. The van der Waals surface area contributed by atoms with Crippen molar-refractivity contribution < 1.29 is 4.79 Å². The summed E-state index contributed by atoms with van der Waals surface area (Å²) in [7, 11) is 0. The van der Waals surface area contributed by atoms with Gasteiger partial charge in [0.05, 0.1) is 0 Å². The lowest BCUT2D eigenvalue weighted by atomic mass is 9.97. The third-order valence-electron chi connectivity index (χ3n) is 2.67. The van der Waals surface area contributed by atoms with Crippen LogP contribution in [0.1, 0.15) is 31.3 Å². The van der Waals surface area contributed by atoms with E-state index in [2.05, 4.69) is 31.1 Å². The number of benzene rings is 1. The summed E-state index contributed by atoms with van der Waals surface area (Å²) in [6.07, 6.45) is 1.67. The standard InChI is InChI=1S/C15H18N2O/c1-15(2,3)10-17-14(18)13-12-7-5-4-6-11(12)8-9-16-13/h4-9H,10H2,1-3H3,(H,17,18). The van der Waals surface area contributed by atoms with E-state index in [0.29, 0.717) is 12.2 Å². The molecule has 94 valence electrons. The van der Waals surface area contributed by atoms with Crippen molar-refractivity contribution in [3.05, 3.63) is 42.2 Å². The lowest BCUT2D eigenvalue weighted by Gasteiger charge is -2.18. The molecule has 2 rings (SSSR count). The highest BCUT2D eigenvalue weighted by atomic mass is 16.1. The molecule has 0 unspecified atom stereocenters. The molecule has 0 bridgehead atoms. The van der Waals surface area contributed by atoms with Crippen LogP contribution in [0.25, 0.3) is 10.8 Å². The number of carbonyl (C=O) groups excluding carboxylic acids is 1. The van der Waals surface area contributed by atoms with Gasteiger partial charge in [0.2, 0.25) is 0 Å². The van der Waals surface area contributed by atoms with Crippen LogP contribution in [0.3, 0.4) is 0 Å². The normalized spacial score (nSPS) is 11.5. The Morgan fingerprint density at radius 3 is 2.67 bits per heavy atom. The van der Waals surface area contributed by atoms with E-state index in [-0.39, 0.29) is 11.3 Å². The number of carbonyl (C=O) groups is 1. The number of nitrogens with zero attached hydrogens (tertiary/aromatic N) is 1. The van der Waals surface area contributed by atoms with Gasteiger partial charge in [-0.25, -0.2) is 0 Å². The molecule has 3 heteroatoms. The zero-order valence-electron chi connectivity index (χ0n) is 11.0. The number of nitrogens with one attached hydrogen (secondary N) is 1. The molecule has 1 N–H and O–H groups in total. The average Bonchev–Trinajstić information content (AvgIpc) is 2.34. The lowest BCUT2D eigenvalue weighted by molar-refractivity contribution is 0.0936. The Morgan fingerprint density at radius 1 is 1.22 bits per heavy atom. The molecule has 3 nitrogen and oxygen atoms in total. The molecule has 0 aliphatic rings. The number of rotatable bonds is 2. The van der Waals surface area contributed by atoms with Crippen molar-refractivity contribution in [3.8, 4) is 0 Å². The Hall–Kier alpha value is -1.90. The highest BCUT2D eigenvalue weighted by Crippen LogP contribution is 2.17. The Balaban J connectivity index is 2.28. The molecular formula is C15H18N2O. The highest BCUT2D eigenvalue weighted by molar-refractivity contribution is 6.05. The first-order valence-electron chi connectivity index (χ1n) is 6.09. The largest absolute Gasteiger partial charge is 0.350 e. The molecule has 0 aliphatic heterocycles. The molecule has 1 amide bonds. The molecule has 0 aliphatic carbocycles. The van der Waals surface area contributed by atoms with Gasteiger partial charge in [-0.1, -0.05) is 45.0 Å². The number of aromatic nitrogens is 1. The van der Waals surface area contributed by atoms with E-state index < -0.39 is 0 Å². The van der Waals surface area contributed by atoms with Gasteiger partial charge in [-0.05, 0) is 16.9 Å². The molecule has 1 aromatic heterocycles. The molecule has 18 heavy (non-hydrogen) atoms. The second-order valence-corrected chi connectivity index (χ2v) is 5.62. The van der Waals surface area contributed by atoms with Crippen LogP contribution < -0.4 is 5.32 Å². The fourth-order valence-corrected chi connectivity index (χ4v) is 1.73. The van der Waals surface area contributed by atoms with Gasteiger partial charge in [-0.2, -0.15) is 0 Å². The fraction of sp³-hybridized carbons (Fsp3) is 0.333. The zero-order valence-corrected chi connectivity index (χ0v) is 11.0. The summed E-state index contributed by atoms with van der Waals surface area (Å²) in [5.41, 5.74) is 0.567. The molecule has 0 atom stereocenters. The molecule has 0 saturated heterocycles. The van der Waals surface area contributed by atoms with Crippen molar-refractivity contribution in [2.75, 3.05) is 6.54 Å². The van der Waals surface area contributed by atoms with Crippen molar-refractivity contribution in [1.29, 1.82) is 0 Å². The summed E-state index contributed by atoms with van der Waals surface area (Å²) in [5.74, 6) is -0.110. The van der Waals surface area contributed by atoms with Crippen LogP contribution in [-0.4, -0.2) is 17.4 Å². The predicted octanol–water partition coefficient (Wildman–Crippen LogP) is 3.01. The van der Waals surface area contributed by atoms with E-state index in [4.69, 9.17) is 0 Å². The molecule has 2 aromatic rings. The maximum absolute atomic E-state index is 12.1. The van der Waals surface area contributed by atoms with E-state index >= 15 is 0 Å². The number of hydrogen-bond acceptors (Lipinski definition) is 2. The summed E-state index contributed by atoms with van der Waals surface area (Å²) in [5, 5.41) is 4.86. The van der Waals surface area contributed by atoms with Gasteiger partial charge in [0.25, 0.3) is 5.91 Å². The molecule has 1 aromatic carbocycles. The monoisotopic (exact) mass is 242 g/mol. The quantitative estimate of drug-likeness (QED) is 0.879. The second-order valence-electron chi connectivity index (χ2n) is 5.62. The minimum absolute atomic E-state index is 0.0697. The van der Waals surface area contributed by atoms with Gasteiger partial charge >= 0.3 is 0 Å². The van der Waals surface area contributed by atoms with E-state index in [1.807, 2.05) is 30.3 Å². The van der Waals surface area contributed by atoms with Gasteiger partial charge in [0.15, 0.2) is 0 Å². The third kappa shape index (κ3) is 2.86. The maximum atomic E-state index is 12.1. The summed E-state index contributed by atoms with van der Waals surface area (Å²) in [6.45, 7) is 6.90. The van der Waals surface area contributed by atoms with Crippen molar-refractivity contribution in [3.63, 3.8) is 0 Å². The first-order valence-corrected chi connectivity index (χ1v) is 6.09. The van der Waals surface area contributed by atoms with Crippen LogP contribution in [0.4, 0.5) is 0 Å². The Bertz CT molecular complexity index is 565. The second kappa shape index (κ2) is 4.77. The fourth-order valence-electron chi connectivity index (χ4n) is 1.73. The van der Waals surface area contributed by atoms with E-state index in [9.17, 15) is 4.79 Å². The number of pyridine rings is 1. The maximum Gasteiger partial charge on any atom is 0.270 e. The van der Waals surface area contributed by atoms with Crippen LogP contribution in [-0.2, 0) is 0 Å². The Morgan fingerprint density at radius 2 is 1.94 bits per heavy atom. The van der Waals surface area contributed by atoms with Crippen LogP contribution in [0, 0.1) is 5.41 Å². The van der Waals surface area contributed by atoms with Gasteiger partial charge in [0.1, 0.15) is 5.69 Å². The van der Waals surface area contributed by atoms with Crippen molar-refractivity contribution in [1.82, 2.24) is 10.3 Å². The van der Waals surface area contributed by atoms with Gasteiger partial charge in [-0.15, -0.1) is 0 Å². The lowest BCUT2D eigenvalue weighted by Crippen LogP contribution is -2.32. The van der Waals surface area contributed by atoms with Crippen molar-refractivity contribution >= 4 is 16.7 Å². The summed E-state index contributed by atoms with van der Waals surface area (Å²) >= 11 is 0. The van der Waals surface area contributed by atoms with Gasteiger partial charge in [0, 0.05) is 18.1 Å². The van der Waals surface area contributed by atoms with E-state index in [1.165, 1.54) is 0 Å². The molecule has 1 heterocycles. The molecule has 0 saturated carbocycles. The molecule has 0 fully saturated rings. The first-order chi connectivity index (χ1) is 8.47. The van der Waals surface area contributed by atoms with Gasteiger partial charge < -0.3 is 5.32 Å². The van der Waals surface area contributed by atoms with Crippen LogP contribution in [0.2, 0.25) is 0 Å². The average molecular weight is 242 g/mol. The Kier molecular flexibility index (Phi) is 3.32. The molecule has 0 spiro atoms. The Labute approximate surface area is 107 Å². The highest BCUT2D eigenvalue weighted by Gasteiger charge is 2.15. The topological polar surface area (TPSA) is 42.0 Å². The van der Waals surface area contributed by atoms with Crippen LogP contribution in [0.15, 0.2) is 36.5 Å². The van der Waals surface area contributed by atoms with Crippen LogP contribution in [0.5, 0.6) is 0 Å². The number of amides is 1. The predicted molar refractivity (Wildman–Crippen MR) is 73.5 cm³/mol. The zero-order chi connectivity index (χ0) is 13.2. The summed E-state index contributed by atoms with van der Waals surface area (Å²) < 4.78 is 0. The molecule has 0 radical (unpaired) electrons. The number of hydrogen-bond donors (Lipinski definition) is 1. The smallest absolute Gasteiger partial charge is 0.270 e. The SMILES string of the molecule is CC(C)(C)CNC(=O)c1nccc2ccccc12. The third-order valence-corrected chi connectivity index (χ3v) is 2.67. The minimum Gasteiger partial charge on any atom is -0.350 e. The summed E-state index contributed by atoms with van der Waals surface area (Å²) in [6, 6.07) is 9.70. The summed E-state index contributed by atoms with van der Waals surface area (Å²) in [4.78, 5) is 16.3.